The third kappa shape index (κ3) is 3.69. The average Bonchev–Trinajstić information content (AvgIpc) is 2.42. The highest BCUT2D eigenvalue weighted by Crippen LogP contribution is 2.18. The summed E-state index contributed by atoms with van der Waals surface area (Å²) in [4.78, 5) is 34.0. The van der Waals surface area contributed by atoms with Crippen LogP contribution in [0.25, 0.3) is 0 Å². The second kappa shape index (κ2) is 6.16. The molecule has 1 aliphatic rings. The van der Waals surface area contributed by atoms with Gasteiger partial charge in [0.25, 0.3) is 0 Å². The minimum atomic E-state index is -0.500. The summed E-state index contributed by atoms with van der Waals surface area (Å²) in [5.41, 5.74) is 4.91. The molecule has 0 saturated carbocycles. The van der Waals surface area contributed by atoms with E-state index in [2.05, 4.69) is 0 Å². The maximum atomic E-state index is 11.3. The van der Waals surface area contributed by atoms with E-state index in [-0.39, 0.29) is 38.5 Å². The highest BCUT2D eigenvalue weighted by Gasteiger charge is 2.35. The van der Waals surface area contributed by atoms with Crippen molar-refractivity contribution in [2.75, 3.05) is 6.54 Å². The molecule has 15 heavy (non-hydrogen) atoms. The SMILES string of the molecule is CC.CC1CC(=O)N(CCC(N)=O)C1=O.[HH]. The number of carbonyl (C=O) groups is 3. The lowest BCUT2D eigenvalue weighted by molar-refractivity contribution is -0.139. The Labute approximate surface area is 91.1 Å². The van der Waals surface area contributed by atoms with E-state index in [0.717, 1.165) is 4.90 Å². The normalized spacial score (nSPS) is 19.9. The van der Waals surface area contributed by atoms with Gasteiger partial charge >= 0.3 is 0 Å². The zero-order valence-corrected chi connectivity index (χ0v) is 9.45. The van der Waals surface area contributed by atoms with Gasteiger partial charge in [-0.1, -0.05) is 20.8 Å². The number of hydrogen-bond donors (Lipinski definition) is 1. The number of carbonyl (C=O) groups excluding carboxylic acids is 3. The molecule has 88 valence electrons. The van der Waals surface area contributed by atoms with Crippen molar-refractivity contribution in [3.05, 3.63) is 0 Å². The second-order valence-corrected chi connectivity index (χ2v) is 3.21. The highest BCUT2D eigenvalue weighted by atomic mass is 16.2. The molecule has 0 spiro atoms. The summed E-state index contributed by atoms with van der Waals surface area (Å²) in [6, 6.07) is 0. The van der Waals surface area contributed by atoms with Crippen LogP contribution in [0, 0.1) is 5.92 Å². The molecule has 0 aromatic carbocycles. The van der Waals surface area contributed by atoms with Crippen molar-refractivity contribution in [3.8, 4) is 0 Å². The van der Waals surface area contributed by atoms with Crippen LogP contribution in [0.15, 0.2) is 0 Å². The van der Waals surface area contributed by atoms with E-state index in [1.54, 1.807) is 6.92 Å². The van der Waals surface area contributed by atoms with Gasteiger partial charge in [0.05, 0.1) is 0 Å². The first-order valence-electron chi connectivity index (χ1n) is 5.15. The van der Waals surface area contributed by atoms with Crippen LogP contribution in [-0.4, -0.2) is 29.2 Å². The Morgan fingerprint density at radius 1 is 1.53 bits per heavy atom. The predicted molar refractivity (Wildman–Crippen MR) is 57.8 cm³/mol. The average molecular weight is 216 g/mol. The van der Waals surface area contributed by atoms with E-state index in [1.807, 2.05) is 13.8 Å². The Morgan fingerprint density at radius 3 is 2.40 bits per heavy atom. The molecule has 5 heteroatoms. The molecule has 1 unspecified atom stereocenters. The number of nitrogens with zero attached hydrogens (tertiary/aromatic N) is 1. The number of rotatable bonds is 3. The largest absolute Gasteiger partial charge is 0.370 e. The van der Waals surface area contributed by atoms with Crippen LogP contribution in [0.1, 0.15) is 35.0 Å². The summed E-state index contributed by atoms with van der Waals surface area (Å²) < 4.78 is 0. The fourth-order valence-corrected chi connectivity index (χ4v) is 1.31. The van der Waals surface area contributed by atoms with Gasteiger partial charge in [0.15, 0.2) is 0 Å². The van der Waals surface area contributed by atoms with Crippen LogP contribution in [0.2, 0.25) is 0 Å². The van der Waals surface area contributed by atoms with Crippen molar-refractivity contribution in [2.45, 2.75) is 33.6 Å². The molecule has 3 amide bonds. The van der Waals surface area contributed by atoms with Gasteiger partial charge in [0, 0.05) is 26.7 Å². The van der Waals surface area contributed by atoms with Crippen molar-refractivity contribution in [1.82, 2.24) is 4.90 Å². The first-order chi connectivity index (χ1) is 7.02. The monoisotopic (exact) mass is 216 g/mol. The van der Waals surface area contributed by atoms with Crippen molar-refractivity contribution >= 4 is 17.7 Å². The molecule has 1 saturated heterocycles. The van der Waals surface area contributed by atoms with Gasteiger partial charge < -0.3 is 5.73 Å². The Kier molecular flexibility index (Phi) is 5.59. The molecule has 0 aromatic rings. The first kappa shape index (κ1) is 13.6. The van der Waals surface area contributed by atoms with Crippen LogP contribution < -0.4 is 5.73 Å². The van der Waals surface area contributed by atoms with Gasteiger partial charge in [-0.15, -0.1) is 0 Å². The molecule has 1 heterocycles. The van der Waals surface area contributed by atoms with E-state index >= 15 is 0 Å². The van der Waals surface area contributed by atoms with Crippen molar-refractivity contribution in [2.24, 2.45) is 11.7 Å². The topological polar surface area (TPSA) is 80.5 Å². The third-order valence-corrected chi connectivity index (χ3v) is 2.05. The lowest BCUT2D eigenvalue weighted by Crippen LogP contribution is -2.33. The van der Waals surface area contributed by atoms with E-state index in [0.29, 0.717) is 0 Å². The van der Waals surface area contributed by atoms with Gasteiger partial charge in [-0.3, -0.25) is 19.3 Å². The van der Waals surface area contributed by atoms with Crippen LogP contribution in [0.5, 0.6) is 0 Å². The minimum absolute atomic E-state index is 0. The summed E-state index contributed by atoms with van der Waals surface area (Å²) in [6.45, 7) is 5.82. The molecule has 1 aliphatic heterocycles. The van der Waals surface area contributed by atoms with Crippen molar-refractivity contribution in [1.29, 1.82) is 0 Å². The Hall–Kier alpha value is -1.39. The van der Waals surface area contributed by atoms with E-state index < -0.39 is 5.91 Å². The third-order valence-electron chi connectivity index (χ3n) is 2.05. The summed E-state index contributed by atoms with van der Waals surface area (Å²) in [5.74, 6) is -1.16. The van der Waals surface area contributed by atoms with E-state index in [9.17, 15) is 14.4 Å². The zero-order valence-electron chi connectivity index (χ0n) is 9.45. The predicted octanol–water partition coefficient (Wildman–Crippen LogP) is 0.529. The number of amides is 3. The number of likely N-dealkylation sites (tertiary alicyclic amines) is 1. The van der Waals surface area contributed by atoms with Crippen LogP contribution in [-0.2, 0) is 14.4 Å². The van der Waals surface area contributed by atoms with Crippen molar-refractivity contribution in [3.63, 3.8) is 0 Å². The number of nitrogens with two attached hydrogens (primary N) is 1. The fourth-order valence-electron chi connectivity index (χ4n) is 1.31. The fraction of sp³-hybridized carbons (Fsp3) is 0.700. The zero-order chi connectivity index (χ0) is 12.0. The van der Waals surface area contributed by atoms with Gasteiger partial charge in [0.1, 0.15) is 0 Å². The molecule has 0 radical (unpaired) electrons. The lowest BCUT2D eigenvalue weighted by Gasteiger charge is -2.12. The molecule has 0 aromatic heterocycles. The number of hydrogen-bond acceptors (Lipinski definition) is 3. The van der Waals surface area contributed by atoms with Crippen LogP contribution in [0.3, 0.4) is 0 Å². The van der Waals surface area contributed by atoms with Crippen molar-refractivity contribution < 1.29 is 15.8 Å². The maximum Gasteiger partial charge on any atom is 0.232 e. The van der Waals surface area contributed by atoms with Crippen LogP contribution >= 0.6 is 0 Å². The second-order valence-electron chi connectivity index (χ2n) is 3.21. The van der Waals surface area contributed by atoms with Crippen LogP contribution in [0.4, 0.5) is 0 Å². The Balaban J connectivity index is 0. The summed E-state index contributed by atoms with van der Waals surface area (Å²) in [7, 11) is 0. The summed E-state index contributed by atoms with van der Waals surface area (Å²) >= 11 is 0. The lowest BCUT2D eigenvalue weighted by atomic mass is 10.1. The maximum absolute atomic E-state index is 11.3. The molecular weight excluding hydrogens is 196 g/mol. The van der Waals surface area contributed by atoms with E-state index in [1.165, 1.54) is 0 Å². The number of primary amides is 1. The molecular formula is C10H20N2O3. The first-order valence-corrected chi connectivity index (χ1v) is 5.15. The Bertz CT molecular complexity index is 269. The molecule has 1 atom stereocenters. The molecule has 2 N–H and O–H groups in total. The molecule has 0 aliphatic carbocycles. The Morgan fingerprint density at radius 2 is 2.07 bits per heavy atom. The quantitative estimate of drug-likeness (QED) is 0.699. The van der Waals surface area contributed by atoms with Gasteiger partial charge in [0.2, 0.25) is 17.7 Å². The smallest absolute Gasteiger partial charge is 0.232 e. The molecule has 1 rings (SSSR count). The molecule has 0 bridgehead atoms. The minimum Gasteiger partial charge on any atom is -0.370 e. The summed E-state index contributed by atoms with van der Waals surface area (Å²) in [6.07, 6.45) is 0.293. The standard InChI is InChI=1S/C8H12N2O3.C2H6.H2/c1-5-4-7(12)10(8(5)13)3-2-6(9)11;1-2;/h5H,2-4H2,1H3,(H2,9,11);1-2H3;1H. The van der Waals surface area contributed by atoms with Gasteiger partial charge in [-0.2, -0.15) is 0 Å². The van der Waals surface area contributed by atoms with Gasteiger partial charge in [-0.05, 0) is 0 Å². The van der Waals surface area contributed by atoms with E-state index in [4.69, 9.17) is 5.73 Å². The highest BCUT2D eigenvalue weighted by molar-refractivity contribution is 6.03. The number of imide groups is 1. The van der Waals surface area contributed by atoms with Gasteiger partial charge in [-0.25, -0.2) is 0 Å². The molecule has 5 nitrogen and oxygen atoms in total. The summed E-state index contributed by atoms with van der Waals surface area (Å²) in [5, 5.41) is 0. The molecule has 1 fully saturated rings.